The molecule has 6 nitrogen and oxygen atoms in total. The standard InChI is InChI=1S/C21H23ClFN5OS2/c1-11-20(12(2)27(3)25-11)19-8-7-18(30-19)16-10-17(28(4)31-26-16)21(29)24-13-5-6-15(23)14(22)9-13/h5-9,16-17,26H,10H2,1-4H3,(H,24,29). The highest BCUT2D eigenvalue weighted by Crippen LogP contribution is 2.39. The molecule has 1 aliphatic heterocycles. The number of hydrogen-bond donors (Lipinski definition) is 2. The van der Waals surface area contributed by atoms with E-state index < -0.39 is 5.82 Å². The Labute approximate surface area is 194 Å². The molecule has 2 aromatic heterocycles. The van der Waals surface area contributed by atoms with Gasteiger partial charge in [-0.15, -0.1) is 11.3 Å². The lowest BCUT2D eigenvalue weighted by Crippen LogP contribution is -2.45. The van der Waals surface area contributed by atoms with Crippen LogP contribution in [0.4, 0.5) is 10.1 Å². The molecule has 1 fully saturated rings. The molecule has 10 heteroatoms. The number of rotatable bonds is 4. The minimum atomic E-state index is -0.512. The Balaban J connectivity index is 1.50. The Morgan fingerprint density at radius 3 is 2.74 bits per heavy atom. The summed E-state index contributed by atoms with van der Waals surface area (Å²) in [6, 6.07) is 8.09. The van der Waals surface area contributed by atoms with Gasteiger partial charge >= 0.3 is 0 Å². The predicted octanol–water partition coefficient (Wildman–Crippen LogP) is 5.09. The Kier molecular flexibility index (Phi) is 6.41. The summed E-state index contributed by atoms with van der Waals surface area (Å²) in [4.78, 5) is 15.3. The van der Waals surface area contributed by atoms with Gasteiger partial charge in [-0.05, 0) is 57.6 Å². The maximum Gasteiger partial charge on any atom is 0.242 e. The largest absolute Gasteiger partial charge is 0.325 e. The second-order valence-electron chi connectivity index (χ2n) is 7.55. The molecule has 31 heavy (non-hydrogen) atoms. The van der Waals surface area contributed by atoms with E-state index in [1.165, 1.54) is 45.7 Å². The van der Waals surface area contributed by atoms with Crippen LogP contribution in [0.3, 0.4) is 0 Å². The van der Waals surface area contributed by atoms with Crippen LogP contribution in [0.1, 0.15) is 28.7 Å². The first-order valence-corrected chi connectivity index (χ1v) is 11.7. The number of carbonyl (C=O) groups is 1. The van der Waals surface area contributed by atoms with Crippen LogP contribution in [0.15, 0.2) is 30.3 Å². The molecule has 1 amide bonds. The van der Waals surface area contributed by atoms with Gasteiger partial charge in [0.25, 0.3) is 0 Å². The van der Waals surface area contributed by atoms with Gasteiger partial charge in [-0.2, -0.15) is 5.10 Å². The first kappa shape index (κ1) is 22.3. The molecule has 0 aliphatic carbocycles. The summed E-state index contributed by atoms with van der Waals surface area (Å²) >= 11 is 8.97. The lowest BCUT2D eigenvalue weighted by Gasteiger charge is -2.35. The van der Waals surface area contributed by atoms with Gasteiger partial charge in [0, 0.05) is 45.9 Å². The van der Waals surface area contributed by atoms with Crippen LogP contribution in [0, 0.1) is 19.7 Å². The average molecular weight is 480 g/mol. The zero-order valence-corrected chi connectivity index (χ0v) is 20.0. The van der Waals surface area contributed by atoms with Crippen LogP contribution in [-0.2, 0) is 11.8 Å². The highest BCUT2D eigenvalue weighted by atomic mass is 35.5. The summed E-state index contributed by atoms with van der Waals surface area (Å²) in [5, 5.41) is 7.35. The number of benzene rings is 1. The maximum absolute atomic E-state index is 13.4. The van der Waals surface area contributed by atoms with E-state index in [0.29, 0.717) is 12.1 Å². The van der Waals surface area contributed by atoms with Gasteiger partial charge in [-0.25, -0.2) is 13.4 Å². The van der Waals surface area contributed by atoms with E-state index >= 15 is 0 Å². The number of nitrogens with one attached hydrogen (secondary N) is 2. The van der Waals surface area contributed by atoms with Crippen molar-refractivity contribution in [1.29, 1.82) is 0 Å². The zero-order valence-electron chi connectivity index (χ0n) is 17.6. The molecule has 0 saturated carbocycles. The number of anilines is 1. The van der Waals surface area contributed by atoms with Crippen molar-refractivity contribution in [2.24, 2.45) is 7.05 Å². The van der Waals surface area contributed by atoms with Gasteiger partial charge in [-0.3, -0.25) is 9.48 Å². The SMILES string of the molecule is Cc1nn(C)c(C)c1-c1ccc(C2CC(C(=O)Nc3ccc(F)c(Cl)c3)N(C)SN2)s1. The molecule has 0 bridgehead atoms. The molecule has 0 radical (unpaired) electrons. The molecule has 3 aromatic rings. The molecule has 2 atom stereocenters. The second kappa shape index (κ2) is 8.91. The van der Waals surface area contributed by atoms with Crippen LogP contribution in [0.2, 0.25) is 5.02 Å². The van der Waals surface area contributed by atoms with E-state index in [9.17, 15) is 9.18 Å². The molecule has 1 aliphatic rings. The van der Waals surface area contributed by atoms with E-state index in [1.807, 2.05) is 30.0 Å². The summed E-state index contributed by atoms with van der Waals surface area (Å²) in [5.41, 5.74) is 3.79. The maximum atomic E-state index is 13.4. The van der Waals surface area contributed by atoms with Crippen LogP contribution in [-0.4, -0.2) is 33.1 Å². The van der Waals surface area contributed by atoms with Crippen molar-refractivity contribution >= 4 is 46.7 Å². The fraction of sp³-hybridized carbons (Fsp3) is 0.333. The predicted molar refractivity (Wildman–Crippen MR) is 126 cm³/mol. The highest BCUT2D eigenvalue weighted by molar-refractivity contribution is 7.95. The van der Waals surface area contributed by atoms with Gasteiger partial charge in [0.15, 0.2) is 0 Å². The number of aryl methyl sites for hydroxylation is 2. The quantitative estimate of drug-likeness (QED) is 0.510. The number of amides is 1. The van der Waals surface area contributed by atoms with Gasteiger partial charge in [0.05, 0.1) is 16.8 Å². The van der Waals surface area contributed by atoms with E-state index in [1.54, 1.807) is 11.3 Å². The van der Waals surface area contributed by atoms with Crippen molar-refractivity contribution in [2.45, 2.75) is 32.4 Å². The molecule has 1 aromatic carbocycles. The minimum Gasteiger partial charge on any atom is -0.325 e. The molecule has 2 N–H and O–H groups in total. The third-order valence-electron chi connectivity index (χ3n) is 5.45. The second-order valence-corrected chi connectivity index (χ2v) is 10.1. The van der Waals surface area contributed by atoms with E-state index in [4.69, 9.17) is 11.6 Å². The van der Waals surface area contributed by atoms with Crippen molar-refractivity contribution in [1.82, 2.24) is 18.8 Å². The van der Waals surface area contributed by atoms with E-state index in [2.05, 4.69) is 34.2 Å². The number of aromatic nitrogens is 2. The van der Waals surface area contributed by atoms with Crippen LogP contribution >= 0.6 is 35.1 Å². The molecular formula is C21H23ClFN5OS2. The molecule has 1 saturated heterocycles. The van der Waals surface area contributed by atoms with Crippen LogP contribution in [0.5, 0.6) is 0 Å². The fourth-order valence-electron chi connectivity index (χ4n) is 3.68. The summed E-state index contributed by atoms with van der Waals surface area (Å²) in [7, 11) is 3.82. The van der Waals surface area contributed by atoms with Crippen LogP contribution < -0.4 is 10.0 Å². The van der Waals surface area contributed by atoms with Gasteiger partial charge in [0.2, 0.25) is 5.91 Å². The number of hydrogen-bond acceptors (Lipinski definition) is 6. The average Bonchev–Trinajstić information content (AvgIpc) is 3.29. The van der Waals surface area contributed by atoms with Gasteiger partial charge in [0.1, 0.15) is 11.9 Å². The van der Waals surface area contributed by atoms with E-state index in [0.717, 1.165) is 11.4 Å². The summed E-state index contributed by atoms with van der Waals surface area (Å²) in [5.74, 6) is -0.665. The number of carbonyl (C=O) groups excluding carboxylic acids is 1. The third-order valence-corrected chi connectivity index (χ3v) is 7.89. The summed E-state index contributed by atoms with van der Waals surface area (Å²) in [6.07, 6.45) is 0.606. The number of likely N-dealkylation sites (N-methyl/N-ethyl adjacent to an activating group) is 1. The minimum absolute atomic E-state index is 0.0178. The van der Waals surface area contributed by atoms with Gasteiger partial charge in [-0.1, -0.05) is 11.6 Å². The Morgan fingerprint density at radius 1 is 1.29 bits per heavy atom. The van der Waals surface area contributed by atoms with Crippen molar-refractivity contribution in [3.05, 3.63) is 57.4 Å². The highest BCUT2D eigenvalue weighted by Gasteiger charge is 2.33. The lowest BCUT2D eigenvalue weighted by molar-refractivity contribution is -0.119. The molecule has 3 heterocycles. The molecule has 4 rings (SSSR count). The first-order valence-electron chi connectivity index (χ1n) is 9.76. The monoisotopic (exact) mass is 479 g/mol. The number of thiophene rings is 1. The van der Waals surface area contributed by atoms with Crippen molar-refractivity contribution in [3.8, 4) is 10.4 Å². The summed E-state index contributed by atoms with van der Waals surface area (Å²) < 4.78 is 20.6. The topological polar surface area (TPSA) is 62.2 Å². The third kappa shape index (κ3) is 4.51. The summed E-state index contributed by atoms with van der Waals surface area (Å²) in [6.45, 7) is 4.09. The molecule has 2 unspecified atom stereocenters. The Bertz CT molecular complexity index is 1130. The lowest BCUT2D eigenvalue weighted by atomic mass is 10.1. The fourth-order valence-corrected chi connectivity index (χ4v) is 5.98. The molecule has 164 valence electrons. The van der Waals surface area contributed by atoms with Crippen LogP contribution in [0.25, 0.3) is 10.4 Å². The molecular weight excluding hydrogens is 457 g/mol. The first-order chi connectivity index (χ1) is 14.7. The number of halogens is 2. The van der Waals surface area contributed by atoms with E-state index in [-0.39, 0.29) is 23.0 Å². The zero-order chi connectivity index (χ0) is 22.3. The van der Waals surface area contributed by atoms with Crippen molar-refractivity contribution in [2.75, 3.05) is 12.4 Å². The van der Waals surface area contributed by atoms with Gasteiger partial charge < -0.3 is 5.32 Å². The normalized spacial score (nSPS) is 19.5. The number of nitrogens with zero attached hydrogens (tertiary/aromatic N) is 3. The molecule has 0 spiro atoms. The Morgan fingerprint density at radius 2 is 2.06 bits per heavy atom. The van der Waals surface area contributed by atoms with Crippen molar-refractivity contribution in [3.63, 3.8) is 0 Å². The smallest absolute Gasteiger partial charge is 0.242 e. The Hall–Kier alpha value is -1.91. The van der Waals surface area contributed by atoms with Crippen molar-refractivity contribution < 1.29 is 9.18 Å².